The average molecular weight is 507 g/mol. The average Bonchev–Trinajstić information content (AvgIpc) is 2.79. The third-order valence-corrected chi connectivity index (χ3v) is 4.99. The maximum atomic E-state index is 14.8. The van der Waals surface area contributed by atoms with Gasteiger partial charge in [0, 0.05) is 64.5 Å². The lowest BCUT2D eigenvalue weighted by Gasteiger charge is -2.13. The fraction of sp³-hybridized carbons (Fsp3) is 0.136. The van der Waals surface area contributed by atoms with Gasteiger partial charge in [-0.15, -0.1) is 0 Å². The molecule has 0 radical (unpaired) electrons. The van der Waals surface area contributed by atoms with Gasteiger partial charge in [0.2, 0.25) is 5.88 Å². The highest BCUT2D eigenvalue weighted by atomic mass is 35.5. The van der Waals surface area contributed by atoms with Crippen LogP contribution in [0.5, 0.6) is 5.88 Å². The van der Waals surface area contributed by atoms with Crippen LogP contribution in [0.4, 0.5) is 14.6 Å². The molecule has 0 aliphatic rings. The molecule has 3 heterocycles. The van der Waals surface area contributed by atoms with Gasteiger partial charge in [0.05, 0.1) is 17.6 Å². The maximum Gasteiger partial charge on any atom is 0.221 e. The van der Waals surface area contributed by atoms with Gasteiger partial charge in [0.1, 0.15) is 5.82 Å². The van der Waals surface area contributed by atoms with Crippen molar-refractivity contribution in [2.75, 3.05) is 19.5 Å². The highest BCUT2D eigenvalue weighted by Crippen LogP contribution is 2.37. The van der Waals surface area contributed by atoms with Crippen LogP contribution in [0.1, 0.15) is 5.69 Å². The first-order valence-corrected chi connectivity index (χ1v) is 11.1. The molecule has 0 saturated heterocycles. The quantitative estimate of drug-likeness (QED) is 0.393. The molecular formula is C22H19ClF2N5O3S-. The Morgan fingerprint density at radius 2 is 1.79 bits per heavy atom. The second kappa shape index (κ2) is 10.8. The topological polar surface area (TPSA) is 126 Å². The van der Waals surface area contributed by atoms with E-state index in [4.69, 9.17) is 25.1 Å². The summed E-state index contributed by atoms with van der Waals surface area (Å²) in [4.78, 5) is 12.9. The Labute approximate surface area is 201 Å². The summed E-state index contributed by atoms with van der Waals surface area (Å²) < 4.78 is 52.2. The first kappa shape index (κ1) is 25.4. The number of aromatic nitrogens is 3. The van der Waals surface area contributed by atoms with Crippen molar-refractivity contribution in [2.24, 2.45) is 5.14 Å². The Morgan fingerprint density at radius 1 is 1.09 bits per heavy atom. The zero-order valence-electron chi connectivity index (χ0n) is 18.2. The lowest BCUT2D eigenvalue weighted by Crippen LogP contribution is -1.98. The van der Waals surface area contributed by atoms with Crippen LogP contribution in [-0.4, -0.2) is 37.9 Å². The van der Waals surface area contributed by atoms with E-state index in [0.29, 0.717) is 44.1 Å². The van der Waals surface area contributed by atoms with Gasteiger partial charge in [-0.2, -0.15) is 0 Å². The van der Waals surface area contributed by atoms with E-state index in [1.54, 1.807) is 44.4 Å². The van der Waals surface area contributed by atoms with Crippen molar-refractivity contribution >= 4 is 39.6 Å². The highest BCUT2D eigenvalue weighted by molar-refractivity contribution is 7.76. The number of hydrogen-bond acceptors (Lipinski definition) is 7. The summed E-state index contributed by atoms with van der Waals surface area (Å²) in [5.41, 5.74) is 2.65. The van der Waals surface area contributed by atoms with E-state index in [9.17, 15) is 8.78 Å². The fourth-order valence-electron chi connectivity index (χ4n) is 3.31. The van der Waals surface area contributed by atoms with Crippen molar-refractivity contribution in [3.05, 3.63) is 65.1 Å². The molecule has 1 unspecified atom stereocenters. The van der Waals surface area contributed by atoms with Crippen molar-refractivity contribution in [3.63, 3.8) is 0 Å². The normalized spacial score (nSPS) is 11.5. The number of ether oxygens (including phenoxy) is 1. The van der Waals surface area contributed by atoms with Crippen molar-refractivity contribution < 1.29 is 22.3 Å². The van der Waals surface area contributed by atoms with E-state index in [1.807, 2.05) is 0 Å². The van der Waals surface area contributed by atoms with Crippen molar-refractivity contribution in [2.45, 2.75) is 6.92 Å². The zero-order valence-corrected chi connectivity index (χ0v) is 19.8. The number of nitrogens with two attached hydrogens (primary N) is 1. The highest BCUT2D eigenvalue weighted by Gasteiger charge is 2.19. The minimum absolute atomic E-state index is 0.0802. The Kier molecular flexibility index (Phi) is 8.05. The predicted octanol–water partition coefficient (Wildman–Crippen LogP) is 4.39. The maximum absolute atomic E-state index is 14.8. The Hall–Kier alpha value is -3.25. The van der Waals surface area contributed by atoms with Crippen LogP contribution in [0.3, 0.4) is 0 Å². The number of rotatable bonds is 4. The van der Waals surface area contributed by atoms with Gasteiger partial charge < -0.3 is 14.6 Å². The SMILES string of the molecule is CNc1cc2nc(C)c(-c3cc(-c4cc(Cl)cnc4OC)cc(F)c3F)cc2cn1.NS(=O)[O-]. The zero-order chi connectivity index (χ0) is 25.0. The molecule has 0 fully saturated rings. The van der Waals surface area contributed by atoms with Crippen LogP contribution in [0, 0.1) is 18.6 Å². The van der Waals surface area contributed by atoms with E-state index < -0.39 is 22.9 Å². The first-order valence-electron chi connectivity index (χ1n) is 9.62. The molecule has 0 aliphatic heterocycles. The third-order valence-electron chi connectivity index (χ3n) is 4.79. The standard InChI is InChI=1S/C22H17ClF2N4O.H3NO2S/c1-11-15(5-13-9-27-20(26-2)8-19(13)29-11)17-4-12(6-18(24)21(17)25)16-7-14(23)10-28-22(16)30-3;1-4(2)3/h4-10H,1-3H3,(H,26,27);1H2,(H,2,3)/p-1. The number of hydrogen-bond donors (Lipinski definition) is 2. The predicted molar refractivity (Wildman–Crippen MR) is 127 cm³/mol. The van der Waals surface area contributed by atoms with Gasteiger partial charge in [-0.25, -0.2) is 18.7 Å². The molecule has 4 aromatic rings. The Bertz CT molecular complexity index is 1390. The Morgan fingerprint density at radius 3 is 2.44 bits per heavy atom. The monoisotopic (exact) mass is 506 g/mol. The van der Waals surface area contributed by atoms with Crippen molar-refractivity contribution in [1.82, 2.24) is 15.0 Å². The second-order valence-electron chi connectivity index (χ2n) is 6.92. The summed E-state index contributed by atoms with van der Waals surface area (Å²) >= 11 is 3.70. The van der Waals surface area contributed by atoms with Crippen molar-refractivity contribution in [3.8, 4) is 28.1 Å². The molecule has 0 amide bonds. The van der Waals surface area contributed by atoms with Crippen LogP contribution < -0.4 is 15.2 Å². The number of nitrogens with one attached hydrogen (secondary N) is 1. The molecule has 0 aliphatic carbocycles. The fourth-order valence-corrected chi connectivity index (χ4v) is 3.47. The molecule has 0 bridgehead atoms. The summed E-state index contributed by atoms with van der Waals surface area (Å²) in [5, 5.41) is 8.04. The molecule has 1 atom stereocenters. The number of methoxy groups -OCH3 is 1. The molecule has 3 aromatic heterocycles. The molecule has 4 rings (SSSR count). The van der Waals surface area contributed by atoms with Crippen LogP contribution in [0.2, 0.25) is 5.02 Å². The van der Waals surface area contributed by atoms with E-state index >= 15 is 0 Å². The van der Waals surface area contributed by atoms with Gasteiger partial charge in [-0.3, -0.25) is 14.3 Å². The minimum atomic E-state index is -2.36. The number of pyridine rings is 3. The molecule has 12 heteroatoms. The molecule has 0 spiro atoms. The minimum Gasteiger partial charge on any atom is -0.760 e. The molecule has 178 valence electrons. The summed E-state index contributed by atoms with van der Waals surface area (Å²) in [5.74, 6) is -1.03. The number of anilines is 1. The smallest absolute Gasteiger partial charge is 0.221 e. The van der Waals surface area contributed by atoms with Gasteiger partial charge in [-0.1, -0.05) is 11.6 Å². The van der Waals surface area contributed by atoms with Gasteiger partial charge in [-0.05, 0) is 36.8 Å². The third kappa shape index (κ3) is 5.62. The number of fused-ring (bicyclic) bond motifs is 1. The van der Waals surface area contributed by atoms with Crippen LogP contribution in [0.25, 0.3) is 33.2 Å². The lowest BCUT2D eigenvalue weighted by molar-refractivity contribution is 0.399. The van der Waals surface area contributed by atoms with Crippen LogP contribution in [0.15, 0.2) is 42.7 Å². The Balaban J connectivity index is 0.000000751. The van der Waals surface area contributed by atoms with Crippen molar-refractivity contribution in [1.29, 1.82) is 0 Å². The number of benzene rings is 1. The summed E-state index contributed by atoms with van der Waals surface area (Å²) in [6, 6.07) is 7.78. The van der Waals surface area contributed by atoms with Crippen LogP contribution in [-0.2, 0) is 11.3 Å². The molecule has 8 nitrogen and oxygen atoms in total. The molecular weight excluding hydrogens is 488 g/mol. The van der Waals surface area contributed by atoms with Crippen LogP contribution >= 0.6 is 11.6 Å². The van der Waals surface area contributed by atoms with E-state index in [2.05, 4.69) is 25.4 Å². The first-order chi connectivity index (χ1) is 16.1. The van der Waals surface area contributed by atoms with Gasteiger partial charge in [0.15, 0.2) is 11.6 Å². The van der Waals surface area contributed by atoms with E-state index in [1.165, 1.54) is 13.3 Å². The van der Waals surface area contributed by atoms with Gasteiger partial charge in [0.25, 0.3) is 0 Å². The second-order valence-corrected chi connectivity index (χ2v) is 7.88. The summed E-state index contributed by atoms with van der Waals surface area (Å²) in [7, 11) is 3.21. The summed E-state index contributed by atoms with van der Waals surface area (Å²) in [6.07, 6.45) is 3.06. The molecule has 1 aromatic carbocycles. The number of nitrogens with zero attached hydrogens (tertiary/aromatic N) is 3. The largest absolute Gasteiger partial charge is 0.760 e. The lowest BCUT2D eigenvalue weighted by atomic mass is 9.97. The van der Waals surface area contributed by atoms with Gasteiger partial charge >= 0.3 is 0 Å². The molecule has 0 saturated carbocycles. The summed E-state index contributed by atoms with van der Waals surface area (Å²) in [6.45, 7) is 1.75. The number of halogens is 3. The molecule has 3 N–H and O–H groups in total. The molecule has 34 heavy (non-hydrogen) atoms. The number of aryl methyl sites for hydroxylation is 1. The van der Waals surface area contributed by atoms with E-state index in [-0.39, 0.29) is 11.4 Å². The van der Waals surface area contributed by atoms with E-state index in [0.717, 1.165) is 6.07 Å².